The molecule has 8 aromatic carbocycles. The van der Waals surface area contributed by atoms with Crippen LogP contribution >= 0.6 is 22.7 Å². The molecule has 12 rings (SSSR count). The Kier molecular flexibility index (Phi) is 16.7. The summed E-state index contributed by atoms with van der Waals surface area (Å²) in [5.41, 5.74) is 17.7. The molecular weight excluding hydrogens is 1360 g/mol. The van der Waals surface area contributed by atoms with E-state index in [-0.39, 0.29) is 64.5 Å². The van der Waals surface area contributed by atoms with Crippen molar-refractivity contribution in [2.75, 3.05) is 0 Å². The number of pyridine rings is 2. The van der Waals surface area contributed by atoms with Gasteiger partial charge in [0.05, 0.1) is 22.2 Å². The number of hydrogen-bond acceptors (Lipinski definition) is 8. The normalized spacial score (nSPS) is 11.4. The van der Waals surface area contributed by atoms with Crippen LogP contribution in [0.25, 0.3) is 109 Å². The summed E-state index contributed by atoms with van der Waals surface area (Å²) in [7, 11) is 0. The van der Waals surface area contributed by atoms with Crippen LogP contribution in [0.3, 0.4) is 0 Å². The van der Waals surface area contributed by atoms with Crippen molar-refractivity contribution >= 4 is 43.1 Å². The second-order valence-corrected chi connectivity index (χ2v) is 22.9. The topological polar surface area (TPSA) is 92.0 Å². The summed E-state index contributed by atoms with van der Waals surface area (Å²) in [5.74, 6) is 0.452. The number of fused-ring (bicyclic) bond motifs is 2. The van der Waals surface area contributed by atoms with Crippen LogP contribution in [0, 0.1) is 12.1 Å². The first-order chi connectivity index (χ1) is 36.7. The second kappa shape index (κ2) is 23.4. The Morgan fingerprint density at radius 2 is 0.872 bits per heavy atom. The number of aromatic hydroxyl groups is 2. The van der Waals surface area contributed by atoms with Crippen LogP contribution in [0.15, 0.2) is 207 Å². The van der Waals surface area contributed by atoms with Crippen molar-refractivity contribution in [2.45, 2.75) is 52.4 Å². The Balaban J connectivity index is 0.000000185. The molecular formula is C68H54N4O2Pt2S2-2. The van der Waals surface area contributed by atoms with E-state index in [4.69, 9.17) is 9.97 Å². The third-order valence-electron chi connectivity index (χ3n) is 13.5. The van der Waals surface area contributed by atoms with Gasteiger partial charge in [-0.25, -0.2) is 9.97 Å². The molecule has 10 heteroatoms. The Morgan fingerprint density at radius 1 is 0.372 bits per heavy atom. The zero-order chi connectivity index (χ0) is 52.6. The maximum Gasteiger partial charge on any atom is 0.127 e. The summed E-state index contributed by atoms with van der Waals surface area (Å²) in [6.07, 6.45) is 3.68. The van der Waals surface area contributed by atoms with Crippen LogP contribution in [0.4, 0.5) is 0 Å². The van der Waals surface area contributed by atoms with Gasteiger partial charge in [-0.05, 0) is 92.7 Å². The van der Waals surface area contributed by atoms with Crippen molar-refractivity contribution in [3.05, 3.63) is 230 Å². The van der Waals surface area contributed by atoms with E-state index in [1.807, 2.05) is 103 Å². The molecule has 0 bridgehead atoms. The fourth-order valence-corrected chi connectivity index (χ4v) is 11.3. The molecule has 0 aliphatic heterocycles. The number of nitrogens with zero attached hydrogens (tertiary/aromatic N) is 4. The standard InChI is InChI=1S/2C34H27N2OS.2Pt/c1-34(2,3)26-17-18-35-29(21-26)25-12-7-11-24(19-25)27-13-8-14-31-32(27)36-33(38-31)28-20-23(15-16-30(28)37)22-9-5-4-6-10-22;1-34(2,3)26-20-27(24-12-9-13-25(18-24)29-14-7-8-17-35-29)32-31(21-26)38-33(36-32)28-19-23(15-16-30(28)37)22-10-5-4-6-11-22;;/h4-18,20-21,37H,1-3H3;4-17,19-21,37H,1-3H3;;/q2*-1;;. The van der Waals surface area contributed by atoms with E-state index < -0.39 is 0 Å². The summed E-state index contributed by atoms with van der Waals surface area (Å²) in [4.78, 5) is 19.3. The average Bonchev–Trinajstić information content (AvgIpc) is 4.23. The minimum atomic E-state index is -0.0406. The van der Waals surface area contributed by atoms with Crippen molar-refractivity contribution in [1.29, 1.82) is 0 Å². The average molecular weight is 1410 g/mol. The smallest absolute Gasteiger partial charge is 0.127 e. The molecule has 0 spiro atoms. The minimum absolute atomic E-state index is 0. The van der Waals surface area contributed by atoms with Gasteiger partial charge in [-0.1, -0.05) is 173 Å². The quantitative estimate of drug-likeness (QED) is 0.147. The van der Waals surface area contributed by atoms with Crippen LogP contribution in [0.2, 0.25) is 0 Å². The van der Waals surface area contributed by atoms with Crippen molar-refractivity contribution in [1.82, 2.24) is 19.9 Å². The number of aromatic nitrogens is 4. The number of phenolic OH excluding ortho intramolecular Hbond substituents is 2. The third kappa shape index (κ3) is 11.9. The molecule has 4 aromatic heterocycles. The molecule has 0 aliphatic rings. The number of hydrogen-bond donors (Lipinski definition) is 2. The number of benzene rings is 8. The molecule has 6 nitrogen and oxygen atoms in total. The summed E-state index contributed by atoms with van der Waals surface area (Å²) in [6, 6.07) is 72.2. The van der Waals surface area contributed by atoms with Gasteiger partial charge in [0.1, 0.15) is 21.5 Å². The first-order valence-electron chi connectivity index (χ1n) is 25.3. The van der Waals surface area contributed by atoms with Crippen molar-refractivity contribution in [3.8, 4) is 99.7 Å². The SMILES string of the molecule is CC(C)(C)c1cc(-c2[c-]c(-c3ccccn3)ccc2)c2nc(-c3cc(-c4ccccc4)ccc3O)sc2c1.CC(C)(C)c1ccnc(-c2[c-]c(-c3cccc4sc(-c5cc(-c6ccccc6)ccc5O)nc34)ccc2)c1.[Pt].[Pt]. The molecule has 0 amide bonds. The van der Waals surface area contributed by atoms with E-state index in [2.05, 4.69) is 149 Å². The van der Waals surface area contributed by atoms with E-state index in [1.54, 1.807) is 41.0 Å². The van der Waals surface area contributed by atoms with Crippen LogP contribution in [-0.2, 0) is 53.0 Å². The zero-order valence-electron chi connectivity index (χ0n) is 43.8. The van der Waals surface area contributed by atoms with Crippen LogP contribution in [0.1, 0.15) is 52.7 Å². The van der Waals surface area contributed by atoms with Gasteiger partial charge in [-0.3, -0.25) is 9.97 Å². The summed E-state index contributed by atoms with van der Waals surface area (Å²) < 4.78 is 2.15. The third-order valence-corrected chi connectivity index (χ3v) is 15.6. The monoisotopic (exact) mass is 1410 g/mol. The summed E-state index contributed by atoms with van der Waals surface area (Å²) in [5, 5.41) is 23.2. The molecule has 0 unspecified atom stereocenters. The van der Waals surface area contributed by atoms with Crippen LogP contribution < -0.4 is 0 Å². The number of rotatable bonds is 8. The number of phenols is 2. The van der Waals surface area contributed by atoms with E-state index in [0.717, 1.165) is 109 Å². The van der Waals surface area contributed by atoms with Gasteiger partial charge < -0.3 is 10.2 Å². The van der Waals surface area contributed by atoms with E-state index in [0.29, 0.717) is 0 Å². The Hall–Kier alpha value is -7.18. The predicted octanol–water partition coefficient (Wildman–Crippen LogP) is 18.3. The van der Waals surface area contributed by atoms with Gasteiger partial charge in [0, 0.05) is 75.3 Å². The van der Waals surface area contributed by atoms with Crippen LogP contribution in [-0.4, -0.2) is 30.1 Å². The Bertz CT molecular complexity index is 4050. The predicted molar refractivity (Wildman–Crippen MR) is 317 cm³/mol. The van der Waals surface area contributed by atoms with Gasteiger partial charge in [0.15, 0.2) is 0 Å². The fraction of sp³-hybridized carbons (Fsp3) is 0.118. The van der Waals surface area contributed by atoms with Crippen molar-refractivity contribution < 1.29 is 52.3 Å². The van der Waals surface area contributed by atoms with Gasteiger partial charge in [-0.15, -0.1) is 82.3 Å². The molecule has 0 saturated heterocycles. The minimum Gasteiger partial charge on any atom is -0.507 e. The molecule has 0 radical (unpaired) electrons. The summed E-state index contributed by atoms with van der Waals surface area (Å²) >= 11 is 3.20. The van der Waals surface area contributed by atoms with Gasteiger partial charge in [-0.2, -0.15) is 0 Å². The van der Waals surface area contributed by atoms with Crippen LogP contribution in [0.5, 0.6) is 11.5 Å². The van der Waals surface area contributed by atoms with Gasteiger partial charge >= 0.3 is 0 Å². The van der Waals surface area contributed by atoms with Gasteiger partial charge in [0.25, 0.3) is 0 Å². The fourth-order valence-electron chi connectivity index (χ4n) is 9.22. The van der Waals surface area contributed by atoms with Crippen molar-refractivity contribution in [3.63, 3.8) is 0 Å². The van der Waals surface area contributed by atoms with E-state index >= 15 is 0 Å². The molecule has 0 saturated carbocycles. The van der Waals surface area contributed by atoms with Gasteiger partial charge in [0.2, 0.25) is 0 Å². The van der Waals surface area contributed by atoms with Crippen molar-refractivity contribution in [2.24, 2.45) is 0 Å². The molecule has 0 fully saturated rings. The van der Waals surface area contributed by atoms with E-state index in [9.17, 15) is 10.2 Å². The number of thiazole rings is 2. The number of para-hydroxylation sites is 1. The molecule has 392 valence electrons. The molecule has 0 atom stereocenters. The first-order valence-corrected chi connectivity index (χ1v) is 26.9. The Morgan fingerprint density at radius 3 is 1.44 bits per heavy atom. The summed E-state index contributed by atoms with van der Waals surface area (Å²) in [6.45, 7) is 13.3. The second-order valence-electron chi connectivity index (χ2n) is 20.9. The first kappa shape index (κ1) is 55.6. The Labute approximate surface area is 493 Å². The molecule has 78 heavy (non-hydrogen) atoms. The zero-order valence-corrected chi connectivity index (χ0v) is 49.9. The largest absolute Gasteiger partial charge is 0.507 e. The molecule has 12 aromatic rings. The molecule has 4 heterocycles. The maximum atomic E-state index is 10.8. The van der Waals surface area contributed by atoms with E-state index in [1.165, 1.54) is 11.1 Å². The molecule has 0 aliphatic carbocycles. The molecule has 2 N–H and O–H groups in total. The maximum absolute atomic E-state index is 10.8.